The van der Waals surface area contributed by atoms with Crippen molar-refractivity contribution in [3.63, 3.8) is 0 Å². The third-order valence-corrected chi connectivity index (χ3v) is 6.25. The van der Waals surface area contributed by atoms with Gasteiger partial charge in [-0.25, -0.2) is 5.43 Å². The van der Waals surface area contributed by atoms with E-state index in [4.69, 9.17) is 0 Å². The number of thioether (sulfide) groups is 1. The lowest BCUT2D eigenvalue weighted by Gasteiger charge is -2.19. The molecule has 4 aromatic rings. The second-order valence-electron chi connectivity index (χ2n) is 8.95. The van der Waals surface area contributed by atoms with E-state index in [2.05, 4.69) is 65.8 Å². The van der Waals surface area contributed by atoms with Crippen LogP contribution >= 0.6 is 11.8 Å². The average Bonchev–Trinajstić information content (AvgIpc) is 3.28. The fraction of sp³-hybridized carbons (Fsp3) is 0.185. The number of para-hydroxylation sites is 2. The second kappa shape index (κ2) is 10.6. The van der Waals surface area contributed by atoms with Crippen LogP contribution in [-0.4, -0.2) is 37.7 Å². The lowest BCUT2D eigenvalue weighted by atomic mass is 9.87. The van der Waals surface area contributed by atoms with Crippen LogP contribution in [-0.2, 0) is 10.2 Å². The van der Waals surface area contributed by atoms with Gasteiger partial charge in [0.15, 0.2) is 11.0 Å². The summed E-state index contributed by atoms with van der Waals surface area (Å²) in [6, 6.07) is 24.9. The normalized spacial score (nSPS) is 11.6. The van der Waals surface area contributed by atoms with Crippen molar-refractivity contribution in [2.24, 2.45) is 5.10 Å². The number of aromatic hydroxyl groups is 1. The van der Waals surface area contributed by atoms with Crippen LogP contribution < -0.4 is 5.43 Å². The van der Waals surface area contributed by atoms with Gasteiger partial charge in [0.05, 0.1) is 12.0 Å². The molecule has 0 atom stereocenters. The van der Waals surface area contributed by atoms with Crippen molar-refractivity contribution in [3.05, 3.63) is 90.0 Å². The third-order valence-electron chi connectivity index (χ3n) is 5.32. The summed E-state index contributed by atoms with van der Waals surface area (Å²) in [5.74, 6) is 0.614. The molecule has 35 heavy (non-hydrogen) atoms. The first-order valence-electron chi connectivity index (χ1n) is 11.2. The first-order valence-corrected chi connectivity index (χ1v) is 12.2. The van der Waals surface area contributed by atoms with E-state index in [0.717, 1.165) is 11.3 Å². The van der Waals surface area contributed by atoms with E-state index >= 15 is 0 Å². The molecule has 3 aromatic carbocycles. The molecule has 178 valence electrons. The highest BCUT2D eigenvalue weighted by Crippen LogP contribution is 2.30. The molecule has 4 rings (SSSR count). The fourth-order valence-corrected chi connectivity index (χ4v) is 4.16. The van der Waals surface area contributed by atoms with E-state index in [9.17, 15) is 9.90 Å². The number of phenols is 1. The molecule has 1 heterocycles. The van der Waals surface area contributed by atoms with Gasteiger partial charge in [0, 0.05) is 16.8 Å². The number of nitrogens with one attached hydrogen (secondary N) is 1. The Bertz CT molecular complexity index is 1330. The minimum Gasteiger partial charge on any atom is -0.507 e. The molecule has 0 fully saturated rings. The van der Waals surface area contributed by atoms with Gasteiger partial charge in [0.2, 0.25) is 0 Å². The molecule has 0 saturated heterocycles. The number of phenolic OH excluding ortho intramolecular Hbond substituents is 1. The van der Waals surface area contributed by atoms with Crippen molar-refractivity contribution < 1.29 is 9.90 Å². The molecular weight excluding hydrogens is 458 g/mol. The van der Waals surface area contributed by atoms with Gasteiger partial charge in [-0.15, -0.1) is 10.2 Å². The molecule has 0 aliphatic rings. The largest absolute Gasteiger partial charge is 0.507 e. The Labute approximate surface area is 208 Å². The van der Waals surface area contributed by atoms with Crippen molar-refractivity contribution in [1.82, 2.24) is 20.2 Å². The number of benzene rings is 3. The number of hydrogen-bond acceptors (Lipinski definition) is 6. The maximum atomic E-state index is 12.4. The molecule has 0 radical (unpaired) electrons. The first kappa shape index (κ1) is 24.2. The lowest BCUT2D eigenvalue weighted by molar-refractivity contribution is -0.118. The zero-order valence-electron chi connectivity index (χ0n) is 19.8. The second-order valence-corrected chi connectivity index (χ2v) is 9.89. The molecule has 0 aliphatic carbocycles. The molecule has 0 unspecified atom stereocenters. The minimum atomic E-state index is -0.291. The highest BCUT2D eigenvalue weighted by atomic mass is 32.2. The summed E-state index contributed by atoms with van der Waals surface area (Å²) in [7, 11) is 0. The van der Waals surface area contributed by atoms with Gasteiger partial charge in [0.25, 0.3) is 5.91 Å². The summed E-state index contributed by atoms with van der Waals surface area (Å²) < 4.78 is 1.95. The summed E-state index contributed by atoms with van der Waals surface area (Å²) in [6.07, 6.45) is 1.41. The number of nitrogens with zero attached hydrogens (tertiary/aromatic N) is 4. The third kappa shape index (κ3) is 5.96. The molecule has 0 saturated carbocycles. The van der Waals surface area contributed by atoms with Gasteiger partial charge < -0.3 is 5.11 Å². The molecule has 7 nitrogen and oxygen atoms in total. The zero-order chi connectivity index (χ0) is 24.8. The van der Waals surface area contributed by atoms with Crippen molar-refractivity contribution in [2.75, 3.05) is 5.75 Å². The van der Waals surface area contributed by atoms with Crippen LogP contribution in [0.2, 0.25) is 0 Å². The monoisotopic (exact) mass is 485 g/mol. The van der Waals surface area contributed by atoms with Crippen LogP contribution in [0, 0.1) is 0 Å². The van der Waals surface area contributed by atoms with Gasteiger partial charge >= 0.3 is 0 Å². The fourth-order valence-electron chi connectivity index (χ4n) is 3.41. The topological polar surface area (TPSA) is 92.4 Å². The molecule has 0 spiro atoms. The molecule has 8 heteroatoms. The Morgan fingerprint density at radius 1 is 1.00 bits per heavy atom. The molecule has 1 amide bonds. The summed E-state index contributed by atoms with van der Waals surface area (Å²) in [4.78, 5) is 12.4. The van der Waals surface area contributed by atoms with Gasteiger partial charge in [-0.05, 0) is 35.2 Å². The lowest BCUT2D eigenvalue weighted by Crippen LogP contribution is -2.20. The number of aromatic nitrogens is 3. The van der Waals surface area contributed by atoms with Crippen LogP contribution in [0.4, 0.5) is 0 Å². The Kier molecular flexibility index (Phi) is 7.31. The maximum absolute atomic E-state index is 12.4. The van der Waals surface area contributed by atoms with Gasteiger partial charge in [-0.2, -0.15) is 5.10 Å². The highest BCUT2D eigenvalue weighted by molar-refractivity contribution is 7.99. The van der Waals surface area contributed by atoms with Gasteiger partial charge in [-0.1, -0.05) is 87.1 Å². The number of carbonyl (C=O) groups excluding carboxylic acids is 1. The van der Waals surface area contributed by atoms with E-state index in [1.165, 1.54) is 23.5 Å². The van der Waals surface area contributed by atoms with Crippen LogP contribution in [0.25, 0.3) is 17.1 Å². The Balaban J connectivity index is 1.53. The zero-order valence-corrected chi connectivity index (χ0v) is 20.7. The molecule has 1 aromatic heterocycles. The van der Waals surface area contributed by atoms with E-state index in [1.54, 1.807) is 24.3 Å². The maximum Gasteiger partial charge on any atom is 0.250 e. The standard InChI is InChI=1S/C27H27N5O2S/c1-27(2,3)21-15-13-19(14-16-21)25-30-31-26(32(25)22-10-5-4-6-11-22)35-18-24(34)29-28-17-20-9-7-8-12-23(20)33/h4-17,33H,18H2,1-3H3,(H,29,34)/b28-17+. The van der Waals surface area contributed by atoms with Crippen LogP contribution in [0.5, 0.6) is 5.75 Å². The number of hydrogen-bond donors (Lipinski definition) is 2. The first-order chi connectivity index (χ1) is 16.8. The van der Waals surface area contributed by atoms with E-state index < -0.39 is 0 Å². The summed E-state index contributed by atoms with van der Waals surface area (Å²) in [6.45, 7) is 6.54. The number of hydrazone groups is 1. The summed E-state index contributed by atoms with van der Waals surface area (Å²) in [5.41, 5.74) is 6.16. The number of amides is 1. The van der Waals surface area contributed by atoms with E-state index in [-0.39, 0.29) is 22.8 Å². The molecule has 0 aliphatic heterocycles. The quantitative estimate of drug-likeness (QED) is 0.214. The molecule has 0 bridgehead atoms. The average molecular weight is 486 g/mol. The number of rotatable bonds is 7. The van der Waals surface area contributed by atoms with Gasteiger partial charge in [-0.3, -0.25) is 9.36 Å². The van der Waals surface area contributed by atoms with Crippen molar-refractivity contribution in [2.45, 2.75) is 31.3 Å². The van der Waals surface area contributed by atoms with Crippen LogP contribution in [0.1, 0.15) is 31.9 Å². The molecule has 2 N–H and O–H groups in total. The van der Waals surface area contributed by atoms with E-state index in [0.29, 0.717) is 16.5 Å². The van der Waals surface area contributed by atoms with Crippen LogP contribution in [0.15, 0.2) is 89.1 Å². The smallest absolute Gasteiger partial charge is 0.250 e. The summed E-state index contributed by atoms with van der Waals surface area (Å²) >= 11 is 1.28. The number of carbonyl (C=O) groups is 1. The minimum absolute atomic E-state index is 0.0573. The van der Waals surface area contributed by atoms with E-state index in [1.807, 2.05) is 34.9 Å². The van der Waals surface area contributed by atoms with Crippen molar-refractivity contribution in [3.8, 4) is 22.8 Å². The highest BCUT2D eigenvalue weighted by Gasteiger charge is 2.19. The Morgan fingerprint density at radius 2 is 1.69 bits per heavy atom. The van der Waals surface area contributed by atoms with Crippen molar-refractivity contribution in [1.29, 1.82) is 0 Å². The molecular formula is C27H27N5O2S. The van der Waals surface area contributed by atoms with Gasteiger partial charge in [0.1, 0.15) is 5.75 Å². The van der Waals surface area contributed by atoms with Crippen LogP contribution in [0.3, 0.4) is 0 Å². The SMILES string of the molecule is CC(C)(C)c1ccc(-c2nnc(SCC(=O)N/N=C/c3ccccc3O)n2-c2ccccc2)cc1. The predicted octanol–water partition coefficient (Wildman–Crippen LogP) is 5.18. The Hall–Kier alpha value is -3.91. The predicted molar refractivity (Wildman–Crippen MR) is 140 cm³/mol. The Morgan fingerprint density at radius 3 is 2.37 bits per heavy atom. The van der Waals surface area contributed by atoms with Crippen molar-refractivity contribution >= 4 is 23.9 Å². The summed E-state index contributed by atoms with van der Waals surface area (Å²) in [5, 5.41) is 23.2.